The Morgan fingerprint density at radius 3 is 2.71 bits per heavy atom. The molecule has 0 saturated carbocycles. The minimum Gasteiger partial charge on any atom is -0.374 e. The molecule has 5 heteroatoms. The molecule has 76 valence electrons. The number of carbonyl (C=O) groups excluding carboxylic acids is 2. The van der Waals surface area contributed by atoms with Crippen LogP contribution in [0, 0.1) is 0 Å². The molecule has 0 aromatic rings. The van der Waals surface area contributed by atoms with Gasteiger partial charge in [-0.05, 0) is 0 Å². The standard InChI is InChI=1S/C9H12N2O3/c12-8-1-2-9(13)11(8)6-7-5-10-3-4-14-7/h1-2,7,10H,3-6H2. The Morgan fingerprint density at radius 1 is 1.43 bits per heavy atom. The van der Waals surface area contributed by atoms with Gasteiger partial charge in [0.15, 0.2) is 0 Å². The quantitative estimate of drug-likeness (QED) is 0.569. The first-order valence-electron chi connectivity index (χ1n) is 4.63. The van der Waals surface area contributed by atoms with Gasteiger partial charge in [-0.15, -0.1) is 0 Å². The van der Waals surface area contributed by atoms with Crippen LogP contribution >= 0.6 is 0 Å². The van der Waals surface area contributed by atoms with Crippen molar-refractivity contribution in [3.8, 4) is 0 Å². The first-order valence-corrected chi connectivity index (χ1v) is 4.63. The summed E-state index contributed by atoms with van der Waals surface area (Å²) in [5, 5.41) is 3.14. The van der Waals surface area contributed by atoms with Crippen LogP contribution in [0.5, 0.6) is 0 Å². The molecule has 0 aliphatic carbocycles. The Balaban J connectivity index is 1.90. The maximum atomic E-state index is 11.2. The normalized spacial score (nSPS) is 27.4. The summed E-state index contributed by atoms with van der Waals surface area (Å²) >= 11 is 0. The van der Waals surface area contributed by atoms with E-state index in [1.165, 1.54) is 17.1 Å². The molecule has 0 bridgehead atoms. The Kier molecular flexibility index (Phi) is 2.60. The van der Waals surface area contributed by atoms with Crippen LogP contribution < -0.4 is 5.32 Å². The van der Waals surface area contributed by atoms with Gasteiger partial charge in [-0.2, -0.15) is 0 Å². The monoisotopic (exact) mass is 196 g/mol. The molecule has 2 aliphatic heterocycles. The minimum atomic E-state index is -0.246. The molecule has 2 heterocycles. The van der Waals surface area contributed by atoms with E-state index in [0.29, 0.717) is 19.7 Å². The Morgan fingerprint density at radius 2 is 2.14 bits per heavy atom. The molecule has 0 aromatic carbocycles. The molecule has 1 unspecified atom stereocenters. The maximum Gasteiger partial charge on any atom is 0.253 e. The van der Waals surface area contributed by atoms with E-state index < -0.39 is 0 Å². The molecule has 2 rings (SSSR count). The Bertz CT molecular complexity index is 264. The number of carbonyl (C=O) groups is 2. The summed E-state index contributed by atoms with van der Waals surface area (Å²) in [5.74, 6) is -0.492. The second-order valence-corrected chi connectivity index (χ2v) is 3.32. The molecule has 0 aromatic heterocycles. The first-order chi connectivity index (χ1) is 6.77. The van der Waals surface area contributed by atoms with E-state index in [-0.39, 0.29) is 17.9 Å². The van der Waals surface area contributed by atoms with Gasteiger partial charge in [-0.1, -0.05) is 0 Å². The van der Waals surface area contributed by atoms with Crippen molar-refractivity contribution in [2.75, 3.05) is 26.2 Å². The third-order valence-electron chi connectivity index (χ3n) is 2.29. The third kappa shape index (κ3) is 1.83. The second-order valence-electron chi connectivity index (χ2n) is 3.32. The molecule has 1 fully saturated rings. The van der Waals surface area contributed by atoms with Crippen molar-refractivity contribution in [1.82, 2.24) is 10.2 Å². The van der Waals surface area contributed by atoms with Gasteiger partial charge < -0.3 is 10.1 Å². The summed E-state index contributed by atoms with van der Waals surface area (Å²) in [6.07, 6.45) is 2.51. The van der Waals surface area contributed by atoms with Crippen LogP contribution in [0.1, 0.15) is 0 Å². The summed E-state index contributed by atoms with van der Waals surface area (Å²) in [4.78, 5) is 23.6. The molecule has 0 radical (unpaired) electrons. The van der Waals surface area contributed by atoms with Gasteiger partial charge in [-0.3, -0.25) is 14.5 Å². The van der Waals surface area contributed by atoms with Gasteiger partial charge in [0.25, 0.3) is 11.8 Å². The second kappa shape index (κ2) is 3.89. The summed E-state index contributed by atoms with van der Waals surface area (Å²) in [6, 6.07) is 0. The van der Waals surface area contributed by atoms with Gasteiger partial charge >= 0.3 is 0 Å². The lowest BCUT2D eigenvalue weighted by atomic mass is 10.3. The molecule has 1 N–H and O–H groups in total. The fourth-order valence-corrected chi connectivity index (χ4v) is 1.55. The fourth-order valence-electron chi connectivity index (χ4n) is 1.55. The maximum absolute atomic E-state index is 11.2. The highest BCUT2D eigenvalue weighted by Gasteiger charge is 2.27. The number of nitrogens with zero attached hydrogens (tertiary/aromatic N) is 1. The van der Waals surface area contributed by atoms with E-state index in [1.807, 2.05) is 0 Å². The SMILES string of the molecule is O=C1C=CC(=O)N1CC1CNCCO1. The van der Waals surface area contributed by atoms with Crippen LogP contribution in [-0.2, 0) is 14.3 Å². The number of imide groups is 1. The number of nitrogens with one attached hydrogen (secondary N) is 1. The van der Waals surface area contributed by atoms with E-state index in [9.17, 15) is 9.59 Å². The number of ether oxygens (including phenoxy) is 1. The van der Waals surface area contributed by atoms with E-state index in [2.05, 4.69) is 5.32 Å². The van der Waals surface area contributed by atoms with Crippen molar-refractivity contribution >= 4 is 11.8 Å². The predicted molar refractivity (Wildman–Crippen MR) is 48.5 cm³/mol. The number of morpholine rings is 1. The minimum absolute atomic E-state index is 0.0726. The average Bonchev–Trinajstić information content (AvgIpc) is 2.51. The lowest BCUT2D eigenvalue weighted by Gasteiger charge is -2.26. The van der Waals surface area contributed by atoms with E-state index in [4.69, 9.17) is 4.74 Å². The van der Waals surface area contributed by atoms with E-state index >= 15 is 0 Å². The molecule has 2 aliphatic rings. The van der Waals surface area contributed by atoms with E-state index in [0.717, 1.165) is 6.54 Å². The number of rotatable bonds is 2. The Hall–Kier alpha value is -1.20. The van der Waals surface area contributed by atoms with Gasteiger partial charge in [0.1, 0.15) is 0 Å². The lowest BCUT2D eigenvalue weighted by Crippen LogP contribution is -2.46. The predicted octanol–water partition coefficient (Wildman–Crippen LogP) is -1.10. The molecule has 0 spiro atoms. The molecule has 1 atom stereocenters. The Labute approximate surface area is 81.7 Å². The highest BCUT2D eigenvalue weighted by Crippen LogP contribution is 2.07. The lowest BCUT2D eigenvalue weighted by molar-refractivity contribution is -0.139. The smallest absolute Gasteiger partial charge is 0.253 e. The number of hydrogen-bond acceptors (Lipinski definition) is 4. The van der Waals surface area contributed by atoms with Crippen LogP contribution in [0.3, 0.4) is 0 Å². The molecule has 14 heavy (non-hydrogen) atoms. The van der Waals surface area contributed by atoms with Gasteiger partial charge in [0.05, 0.1) is 19.3 Å². The zero-order chi connectivity index (χ0) is 9.97. The molecule has 1 saturated heterocycles. The zero-order valence-electron chi connectivity index (χ0n) is 7.73. The fraction of sp³-hybridized carbons (Fsp3) is 0.556. The van der Waals surface area contributed by atoms with Crippen molar-refractivity contribution in [2.24, 2.45) is 0 Å². The molecular weight excluding hydrogens is 184 g/mol. The molecular formula is C9H12N2O3. The highest BCUT2D eigenvalue weighted by molar-refractivity contribution is 6.12. The summed E-state index contributed by atoms with van der Waals surface area (Å²) in [6.45, 7) is 2.50. The zero-order valence-corrected chi connectivity index (χ0v) is 7.73. The van der Waals surface area contributed by atoms with Crippen LogP contribution in [0.2, 0.25) is 0 Å². The van der Waals surface area contributed by atoms with E-state index in [1.54, 1.807) is 0 Å². The van der Waals surface area contributed by atoms with Crippen LogP contribution in [0.15, 0.2) is 12.2 Å². The highest BCUT2D eigenvalue weighted by atomic mass is 16.5. The van der Waals surface area contributed by atoms with Crippen LogP contribution in [0.25, 0.3) is 0 Å². The van der Waals surface area contributed by atoms with Gasteiger partial charge in [-0.25, -0.2) is 0 Å². The summed E-state index contributed by atoms with van der Waals surface area (Å²) in [7, 11) is 0. The number of amides is 2. The van der Waals surface area contributed by atoms with Crippen molar-refractivity contribution in [1.29, 1.82) is 0 Å². The third-order valence-corrected chi connectivity index (χ3v) is 2.29. The average molecular weight is 196 g/mol. The first kappa shape index (κ1) is 9.36. The largest absolute Gasteiger partial charge is 0.374 e. The van der Waals surface area contributed by atoms with Crippen LogP contribution in [-0.4, -0.2) is 49.1 Å². The summed E-state index contributed by atoms with van der Waals surface area (Å²) < 4.78 is 5.40. The van der Waals surface area contributed by atoms with Crippen molar-refractivity contribution in [3.63, 3.8) is 0 Å². The summed E-state index contributed by atoms with van der Waals surface area (Å²) in [5.41, 5.74) is 0. The molecule has 2 amide bonds. The molecule has 5 nitrogen and oxygen atoms in total. The number of hydrogen-bond donors (Lipinski definition) is 1. The van der Waals surface area contributed by atoms with Crippen molar-refractivity contribution in [3.05, 3.63) is 12.2 Å². The van der Waals surface area contributed by atoms with Gasteiger partial charge in [0.2, 0.25) is 0 Å². The van der Waals surface area contributed by atoms with Gasteiger partial charge in [0, 0.05) is 25.2 Å². The van der Waals surface area contributed by atoms with Crippen molar-refractivity contribution in [2.45, 2.75) is 6.10 Å². The topological polar surface area (TPSA) is 58.6 Å². The van der Waals surface area contributed by atoms with Crippen molar-refractivity contribution < 1.29 is 14.3 Å². The van der Waals surface area contributed by atoms with Crippen LogP contribution in [0.4, 0.5) is 0 Å².